The Morgan fingerprint density at radius 1 is 0.844 bits per heavy atom. The predicted octanol–water partition coefficient (Wildman–Crippen LogP) is 5.98. The van der Waals surface area contributed by atoms with Gasteiger partial charge in [-0.15, -0.1) is 0 Å². The van der Waals surface area contributed by atoms with Crippen molar-refractivity contribution < 1.29 is 0 Å². The lowest BCUT2D eigenvalue weighted by Gasteiger charge is -2.22. The molecule has 0 fully saturated rings. The Balaban J connectivity index is 1.60. The molecule has 0 radical (unpaired) electrons. The fourth-order valence-corrected chi connectivity index (χ4v) is 4.29. The summed E-state index contributed by atoms with van der Waals surface area (Å²) in [4.78, 5) is 13.5. The van der Waals surface area contributed by atoms with Gasteiger partial charge in [0, 0.05) is 12.4 Å². The molecule has 0 aliphatic carbocycles. The smallest absolute Gasteiger partial charge is 0.280 e. The first-order valence-electron chi connectivity index (χ1n) is 10.5. The van der Waals surface area contributed by atoms with Gasteiger partial charge in [0.25, 0.3) is 5.56 Å². The summed E-state index contributed by atoms with van der Waals surface area (Å²) < 4.78 is 1.59. The second kappa shape index (κ2) is 8.77. The number of aromatic nitrogens is 1. The molecule has 1 aliphatic heterocycles. The van der Waals surface area contributed by atoms with E-state index in [2.05, 4.69) is 34.9 Å². The number of fused-ring (bicyclic) bond motifs is 1. The zero-order valence-electron chi connectivity index (χ0n) is 17.3. The third-order valence-corrected chi connectivity index (χ3v) is 5.99. The quantitative estimate of drug-likeness (QED) is 0.411. The van der Waals surface area contributed by atoms with Crippen LogP contribution in [0.4, 0.5) is 11.4 Å². The molecular weight excluding hydrogens is 418 g/mol. The van der Waals surface area contributed by atoms with Crippen LogP contribution in [0.5, 0.6) is 0 Å². The Bertz CT molecular complexity index is 1330. The van der Waals surface area contributed by atoms with Crippen LogP contribution >= 0.6 is 11.6 Å². The highest BCUT2D eigenvalue weighted by Crippen LogP contribution is 2.31. The van der Waals surface area contributed by atoms with E-state index < -0.39 is 0 Å². The fraction of sp³-hybridized carbons (Fsp3) is 0.0741. The zero-order valence-corrected chi connectivity index (χ0v) is 18.1. The van der Waals surface area contributed by atoms with Crippen molar-refractivity contribution in [2.75, 3.05) is 10.6 Å². The molecule has 3 aromatic carbocycles. The molecule has 0 amide bonds. The summed E-state index contributed by atoms with van der Waals surface area (Å²) in [5.74, 6) is 0. The highest BCUT2D eigenvalue weighted by Gasteiger charge is 2.24. The van der Waals surface area contributed by atoms with Gasteiger partial charge in [-0.05, 0) is 41.3 Å². The Morgan fingerprint density at radius 3 is 2.28 bits per heavy atom. The maximum atomic E-state index is 13.5. The molecule has 4 nitrogen and oxygen atoms in total. The summed E-state index contributed by atoms with van der Waals surface area (Å²) >= 11 is 6.38. The molecule has 5 heteroatoms. The second-order valence-electron chi connectivity index (χ2n) is 7.73. The molecular formula is C27H22ClN3O. The number of halogens is 1. The van der Waals surface area contributed by atoms with Gasteiger partial charge in [-0.2, -0.15) is 0 Å². The molecule has 0 spiro atoms. The molecule has 1 atom stereocenters. The first-order chi connectivity index (χ1) is 15.7. The largest absolute Gasteiger partial charge is 0.372 e. The van der Waals surface area contributed by atoms with E-state index in [4.69, 9.17) is 11.6 Å². The van der Waals surface area contributed by atoms with E-state index >= 15 is 0 Å². The number of nitrogens with one attached hydrogen (secondary N) is 2. The van der Waals surface area contributed by atoms with Crippen LogP contribution in [0.1, 0.15) is 11.1 Å². The van der Waals surface area contributed by atoms with E-state index in [-0.39, 0.29) is 11.6 Å². The first kappa shape index (κ1) is 20.2. The van der Waals surface area contributed by atoms with Crippen molar-refractivity contribution in [2.24, 2.45) is 0 Å². The van der Waals surface area contributed by atoms with Crippen molar-refractivity contribution in [3.63, 3.8) is 0 Å². The maximum Gasteiger partial charge on any atom is 0.280 e. The number of anilines is 2. The molecule has 1 aromatic heterocycles. The van der Waals surface area contributed by atoms with Gasteiger partial charge in [0.1, 0.15) is 5.69 Å². The molecule has 0 saturated heterocycles. The van der Waals surface area contributed by atoms with Gasteiger partial charge < -0.3 is 10.6 Å². The van der Waals surface area contributed by atoms with Crippen LogP contribution in [-0.2, 0) is 6.42 Å². The summed E-state index contributed by atoms with van der Waals surface area (Å²) in [5.41, 5.74) is 5.16. The van der Waals surface area contributed by atoms with E-state index in [1.165, 1.54) is 5.56 Å². The number of hydrogen-bond donors (Lipinski definition) is 2. The monoisotopic (exact) mass is 439 g/mol. The molecule has 2 N–H and O–H groups in total. The summed E-state index contributed by atoms with van der Waals surface area (Å²) in [6.45, 7) is 0. The average molecular weight is 440 g/mol. The molecule has 1 unspecified atom stereocenters. The molecule has 32 heavy (non-hydrogen) atoms. The summed E-state index contributed by atoms with van der Waals surface area (Å²) in [7, 11) is 0. The summed E-state index contributed by atoms with van der Waals surface area (Å²) in [6.07, 6.45) is 4.49. The fourth-order valence-electron chi connectivity index (χ4n) is 4.07. The molecule has 0 saturated carbocycles. The third kappa shape index (κ3) is 3.93. The number of benzene rings is 3. The molecule has 5 rings (SSSR count). The van der Waals surface area contributed by atoms with Crippen molar-refractivity contribution in [2.45, 2.75) is 12.5 Å². The Labute approximate surface area is 191 Å². The number of rotatable bonds is 4. The van der Waals surface area contributed by atoms with Crippen molar-refractivity contribution >= 4 is 28.5 Å². The standard InChI is InChI=1S/C27H22ClN3O/c28-22-13-7-8-14-25(22)31-16-15-23-26(27(31)32)30-24(17-19-9-3-1-4-10-19)21(18-29-23)20-11-5-2-6-12-20/h1-16,18,24,29-30H,17H2. The van der Waals surface area contributed by atoms with Crippen molar-refractivity contribution in [3.8, 4) is 5.69 Å². The minimum absolute atomic E-state index is 0.0941. The Hall–Kier alpha value is -3.76. The maximum absolute atomic E-state index is 13.5. The third-order valence-electron chi connectivity index (χ3n) is 5.67. The minimum Gasteiger partial charge on any atom is -0.372 e. The van der Waals surface area contributed by atoms with Crippen LogP contribution < -0.4 is 16.2 Å². The predicted molar refractivity (Wildman–Crippen MR) is 133 cm³/mol. The van der Waals surface area contributed by atoms with Crippen LogP contribution in [0.25, 0.3) is 11.3 Å². The van der Waals surface area contributed by atoms with Crippen LogP contribution in [0.3, 0.4) is 0 Å². The van der Waals surface area contributed by atoms with Gasteiger partial charge in [0.15, 0.2) is 0 Å². The minimum atomic E-state index is -0.149. The van der Waals surface area contributed by atoms with E-state index in [1.54, 1.807) is 16.8 Å². The summed E-state index contributed by atoms with van der Waals surface area (Å²) in [5, 5.41) is 7.43. The van der Waals surface area contributed by atoms with Crippen molar-refractivity contribution in [3.05, 3.63) is 130 Å². The Kier molecular flexibility index (Phi) is 5.53. The Morgan fingerprint density at radius 2 is 1.53 bits per heavy atom. The number of para-hydroxylation sites is 1. The van der Waals surface area contributed by atoms with Crippen LogP contribution in [0.15, 0.2) is 108 Å². The van der Waals surface area contributed by atoms with Gasteiger partial charge in [-0.1, -0.05) is 84.4 Å². The summed E-state index contributed by atoms with van der Waals surface area (Å²) in [6, 6.07) is 29.7. The number of nitrogens with zero attached hydrogens (tertiary/aromatic N) is 1. The molecule has 0 bridgehead atoms. The molecule has 4 aromatic rings. The highest BCUT2D eigenvalue weighted by molar-refractivity contribution is 6.32. The first-order valence-corrected chi connectivity index (χ1v) is 10.9. The van der Waals surface area contributed by atoms with E-state index in [9.17, 15) is 4.79 Å². The van der Waals surface area contributed by atoms with Gasteiger partial charge in [-0.25, -0.2) is 0 Å². The molecule has 2 heterocycles. The van der Waals surface area contributed by atoms with E-state index in [1.807, 2.05) is 66.9 Å². The molecule has 1 aliphatic rings. The average Bonchev–Trinajstić information content (AvgIpc) is 3.01. The lowest BCUT2D eigenvalue weighted by Crippen LogP contribution is -2.29. The number of hydrogen-bond acceptors (Lipinski definition) is 3. The van der Waals surface area contributed by atoms with Crippen molar-refractivity contribution in [1.82, 2.24) is 4.57 Å². The van der Waals surface area contributed by atoms with Gasteiger partial charge in [0.2, 0.25) is 0 Å². The van der Waals surface area contributed by atoms with Crippen molar-refractivity contribution in [1.29, 1.82) is 0 Å². The topological polar surface area (TPSA) is 46.1 Å². The van der Waals surface area contributed by atoms with E-state index in [0.717, 1.165) is 23.2 Å². The lowest BCUT2D eigenvalue weighted by molar-refractivity contribution is 0.874. The van der Waals surface area contributed by atoms with Crippen LogP contribution in [-0.4, -0.2) is 10.6 Å². The molecule has 158 valence electrons. The van der Waals surface area contributed by atoms with Crippen LogP contribution in [0.2, 0.25) is 5.02 Å². The number of pyridine rings is 1. The second-order valence-corrected chi connectivity index (χ2v) is 8.13. The SMILES string of the molecule is O=c1c2c(ccn1-c1ccccc1Cl)NC=C(c1ccccc1)C(Cc1ccccc1)N2. The van der Waals surface area contributed by atoms with Gasteiger partial charge in [0.05, 0.1) is 22.4 Å². The zero-order chi connectivity index (χ0) is 21.9. The lowest BCUT2D eigenvalue weighted by atomic mass is 9.94. The van der Waals surface area contributed by atoms with E-state index in [0.29, 0.717) is 16.4 Å². The highest BCUT2D eigenvalue weighted by atomic mass is 35.5. The normalized spacial score (nSPS) is 15.0. The van der Waals surface area contributed by atoms with Crippen LogP contribution in [0, 0.1) is 0 Å². The van der Waals surface area contributed by atoms with Gasteiger partial charge >= 0.3 is 0 Å². The van der Waals surface area contributed by atoms with Gasteiger partial charge in [-0.3, -0.25) is 9.36 Å².